The first-order chi connectivity index (χ1) is 16.3. The molecule has 4 rings (SSSR count). The molecule has 0 unspecified atom stereocenters. The summed E-state index contributed by atoms with van der Waals surface area (Å²) in [6.07, 6.45) is 1.18. The summed E-state index contributed by atoms with van der Waals surface area (Å²) < 4.78 is 32.3. The molecule has 3 aromatic rings. The standard InChI is InChI=1S/C24H21F2N3O4S/c1-13(27-20(30)11-14-9-15(25)12-16(26)10-14)23(31)29-21-22(18-6-4-8-33-18)34-19-7-3-2-5-17(19)28-24(21)32/h2-10,12-13,21-22H,11H2,1H3,(H,27,30)(H,28,32)(H,29,31)/t13-,21-,22+/m0/s1. The van der Waals surface area contributed by atoms with Gasteiger partial charge in [-0.25, -0.2) is 8.78 Å². The molecular weight excluding hydrogens is 464 g/mol. The number of rotatable bonds is 6. The fourth-order valence-corrected chi connectivity index (χ4v) is 4.83. The first-order valence-electron chi connectivity index (χ1n) is 10.4. The minimum atomic E-state index is -1.01. The zero-order chi connectivity index (χ0) is 24.2. The van der Waals surface area contributed by atoms with Gasteiger partial charge in [0, 0.05) is 11.0 Å². The lowest BCUT2D eigenvalue weighted by Gasteiger charge is -2.24. The van der Waals surface area contributed by atoms with Crippen molar-refractivity contribution < 1.29 is 27.6 Å². The second kappa shape index (κ2) is 10.1. The Balaban J connectivity index is 1.46. The number of anilines is 1. The van der Waals surface area contributed by atoms with Crippen LogP contribution in [0.5, 0.6) is 0 Å². The van der Waals surface area contributed by atoms with Gasteiger partial charge >= 0.3 is 0 Å². The lowest BCUT2D eigenvalue weighted by atomic mass is 10.1. The predicted octanol–water partition coefficient (Wildman–Crippen LogP) is 3.58. The van der Waals surface area contributed by atoms with Gasteiger partial charge in [-0.15, -0.1) is 11.8 Å². The summed E-state index contributed by atoms with van der Waals surface area (Å²) in [4.78, 5) is 39.1. The van der Waals surface area contributed by atoms with E-state index in [-0.39, 0.29) is 12.0 Å². The third-order valence-electron chi connectivity index (χ3n) is 5.16. The lowest BCUT2D eigenvalue weighted by molar-refractivity contribution is -0.130. The van der Waals surface area contributed by atoms with Crippen molar-refractivity contribution in [3.63, 3.8) is 0 Å². The van der Waals surface area contributed by atoms with Crippen LogP contribution in [0.1, 0.15) is 23.5 Å². The van der Waals surface area contributed by atoms with Crippen molar-refractivity contribution >= 4 is 35.2 Å². The number of hydrogen-bond donors (Lipinski definition) is 3. The van der Waals surface area contributed by atoms with Gasteiger partial charge in [0.15, 0.2) is 0 Å². The van der Waals surface area contributed by atoms with E-state index in [4.69, 9.17) is 4.42 Å². The van der Waals surface area contributed by atoms with E-state index in [2.05, 4.69) is 16.0 Å². The molecule has 3 atom stereocenters. The van der Waals surface area contributed by atoms with Crippen LogP contribution >= 0.6 is 11.8 Å². The number of para-hydroxylation sites is 1. The second-order valence-corrected chi connectivity index (χ2v) is 8.95. The monoisotopic (exact) mass is 485 g/mol. The molecule has 3 N–H and O–H groups in total. The van der Waals surface area contributed by atoms with Crippen molar-refractivity contribution in [3.05, 3.63) is 83.8 Å². The van der Waals surface area contributed by atoms with Gasteiger partial charge in [0.05, 0.1) is 23.6 Å². The van der Waals surface area contributed by atoms with Crippen LogP contribution in [-0.2, 0) is 20.8 Å². The Morgan fingerprint density at radius 3 is 2.56 bits per heavy atom. The summed E-state index contributed by atoms with van der Waals surface area (Å²) in [5, 5.41) is 7.46. The number of carbonyl (C=O) groups is 3. The topological polar surface area (TPSA) is 100 Å². The van der Waals surface area contributed by atoms with E-state index in [1.54, 1.807) is 24.3 Å². The Labute approximate surface area is 198 Å². The molecular formula is C24H21F2N3O4S. The SMILES string of the molecule is C[C@H](NC(=O)Cc1cc(F)cc(F)c1)C(=O)N[C@@H]1C(=O)Nc2ccccc2S[C@@H]1c1ccco1. The molecule has 176 valence electrons. The fourth-order valence-electron chi connectivity index (χ4n) is 3.58. The Morgan fingerprint density at radius 1 is 1.12 bits per heavy atom. The van der Waals surface area contributed by atoms with Crippen LogP contribution in [0, 0.1) is 11.6 Å². The molecule has 0 aliphatic carbocycles. The van der Waals surface area contributed by atoms with Crippen molar-refractivity contribution in [1.82, 2.24) is 10.6 Å². The Kier molecular flexibility index (Phi) is 6.97. The zero-order valence-corrected chi connectivity index (χ0v) is 18.8. The minimum absolute atomic E-state index is 0.137. The van der Waals surface area contributed by atoms with Crippen molar-refractivity contribution in [2.75, 3.05) is 5.32 Å². The largest absolute Gasteiger partial charge is 0.468 e. The van der Waals surface area contributed by atoms with Crippen molar-refractivity contribution in [1.29, 1.82) is 0 Å². The molecule has 0 saturated heterocycles. The summed E-state index contributed by atoms with van der Waals surface area (Å²) >= 11 is 1.37. The quantitative estimate of drug-likeness (QED) is 0.496. The Morgan fingerprint density at radius 2 is 1.85 bits per heavy atom. The molecule has 0 saturated carbocycles. The third kappa shape index (κ3) is 5.45. The molecule has 0 radical (unpaired) electrons. The van der Waals surface area contributed by atoms with Gasteiger partial charge in [0.25, 0.3) is 0 Å². The van der Waals surface area contributed by atoms with Gasteiger partial charge in [-0.05, 0) is 48.9 Å². The number of benzene rings is 2. The molecule has 0 fully saturated rings. The van der Waals surface area contributed by atoms with Gasteiger partial charge in [-0.1, -0.05) is 12.1 Å². The van der Waals surface area contributed by atoms with Crippen LogP contribution in [0.4, 0.5) is 14.5 Å². The first-order valence-corrected chi connectivity index (χ1v) is 11.3. The van der Waals surface area contributed by atoms with E-state index in [1.165, 1.54) is 24.9 Å². The average molecular weight is 486 g/mol. The zero-order valence-electron chi connectivity index (χ0n) is 18.0. The van der Waals surface area contributed by atoms with Crippen molar-refractivity contribution in [3.8, 4) is 0 Å². The molecule has 3 amide bonds. The van der Waals surface area contributed by atoms with E-state index >= 15 is 0 Å². The smallest absolute Gasteiger partial charge is 0.248 e. The maximum atomic E-state index is 13.4. The molecule has 0 bridgehead atoms. The van der Waals surface area contributed by atoms with Crippen LogP contribution in [0.15, 0.2) is 70.2 Å². The van der Waals surface area contributed by atoms with Gasteiger partial charge < -0.3 is 20.4 Å². The number of amides is 3. The Bertz CT molecular complexity index is 1200. The molecule has 1 aromatic heterocycles. The van der Waals surface area contributed by atoms with Gasteiger partial charge in [0.2, 0.25) is 17.7 Å². The molecule has 1 aliphatic rings. The maximum absolute atomic E-state index is 13.4. The predicted molar refractivity (Wildman–Crippen MR) is 122 cm³/mol. The number of carbonyl (C=O) groups excluding carboxylic acids is 3. The highest BCUT2D eigenvalue weighted by atomic mass is 32.2. The molecule has 0 spiro atoms. The maximum Gasteiger partial charge on any atom is 0.248 e. The minimum Gasteiger partial charge on any atom is -0.468 e. The van der Waals surface area contributed by atoms with E-state index in [0.29, 0.717) is 17.5 Å². The van der Waals surface area contributed by atoms with E-state index in [0.717, 1.165) is 17.0 Å². The summed E-state index contributed by atoms with van der Waals surface area (Å²) in [5.41, 5.74) is 0.757. The van der Waals surface area contributed by atoms with Gasteiger partial charge in [0.1, 0.15) is 29.5 Å². The van der Waals surface area contributed by atoms with E-state index < -0.39 is 46.7 Å². The Hall–Kier alpha value is -3.66. The summed E-state index contributed by atoms with van der Waals surface area (Å²) in [7, 11) is 0. The second-order valence-electron chi connectivity index (χ2n) is 7.77. The summed E-state index contributed by atoms with van der Waals surface area (Å²) in [6.45, 7) is 1.46. The average Bonchev–Trinajstić information content (AvgIpc) is 3.26. The molecule has 34 heavy (non-hydrogen) atoms. The van der Waals surface area contributed by atoms with Crippen LogP contribution < -0.4 is 16.0 Å². The molecule has 10 heteroatoms. The molecule has 1 aliphatic heterocycles. The first kappa shape index (κ1) is 23.5. The van der Waals surface area contributed by atoms with Crippen LogP contribution in [-0.4, -0.2) is 29.8 Å². The summed E-state index contributed by atoms with van der Waals surface area (Å²) in [5.74, 6) is -2.71. The van der Waals surface area contributed by atoms with E-state index in [1.807, 2.05) is 12.1 Å². The highest BCUT2D eigenvalue weighted by Crippen LogP contribution is 2.43. The summed E-state index contributed by atoms with van der Waals surface area (Å²) in [6, 6.07) is 11.5. The number of halogens is 2. The van der Waals surface area contributed by atoms with Gasteiger partial charge in [-0.2, -0.15) is 0 Å². The van der Waals surface area contributed by atoms with Gasteiger partial charge in [-0.3, -0.25) is 14.4 Å². The number of hydrogen-bond acceptors (Lipinski definition) is 5. The molecule has 7 nitrogen and oxygen atoms in total. The van der Waals surface area contributed by atoms with Crippen LogP contribution in [0.2, 0.25) is 0 Å². The number of nitrogens with one attached hydrogen (secondary N) is 3. The fraction of sp³-hybridized carbons (Fsp3) is 0.208. The van der Waals surface area contributed by atoms with Crippen molar-refractivity contribution in [2.24, 2.45) is 0 Å². The lowest BCUT2D eigenvalue weighted by Crippen LogP contribution is -2.53. The van der Waals surface area contributed by atoms with E-state index in [9.17, 15) is 23.2 Å². The number of fused-ring (bicyclic) bond motifs is 1. The third-order valence-corrected chi connectivity index (χ3v) is 6.53. The van der Waals surface area contributed by atoms with Crippen LogP contribution in [0.25, 0.3) is 0 Å². The normalized spacial score (nSPS) is 18.3. The highest BCUT2D eigenvalue weighted by molar-refractivity contribution is 7.99. The highest BCUT2D eigenvalue weighted by Gasteiger charge is 2.37. The number of furan rings is 1. The van der Waals surface area contributed by atoms with Crippen molar-refractivity contribution in [2.45, 2.75) is 35.6 Å². The molecule has 2 aromatic carbocycles. The van der Waals surface area contributed by atoms with Crippen LogP contribution in [0.3, 0.4) is 0 Å². The number of thioether (sulfide) groups is 1. The molecule has 2 heterocycles.